The lowest BCUT2D eigenvalue weighted by Crippen LogP contribution is -2.56. The molecule has 0 aromatic rings. The minimum absolute atomic E-state index is 0.0345. The summed E-state index contributed by atoms with van der Waals surface area (Å²) >= 11 is 1.62. The van der Waals surface area contributed by atoms with Crippen LogP contribution in [0.2, 0.25) is 0 Å². The van der Waals surface area contributed by atoms with Crippen molar-refractivity contribution in [1.29, 1.82) is 0 Å². The second-order valence-electron chi connectivity index (χ2n) is 3.00. The van der Waals surface area contributed by atoms with Gasteiger partial charge in [0, 0.05) is 6.54 Å². The average molecular weight is 218 g/mol. The minimum Gasteiger partial charge on any atom is -0.449 e. The van der Waals surface area contributed by atoms with Crippen LogP contribution in [0, 0.1) is 0 Å². The summed E-state index contributed by atoms with van der Waals surface area (Å²) in [4.78, 5) is 22.6. The Kier molecular flexibility index (Phi) is 4.21. The Balaban J connectivity index is 2.49. The number of esters is 1. The van der Waals surface area contributed by atoms with Crippen molar-refractivity contribution in [2.45, 2.75) is 18.6 Å². The second-order valence-corrected chi connectivity index (χ2v) is 3.99. The van der Waals surface area contributed by atoms with Gasteiger partial charge in [-0.05, 0) is 18.4 Å². The molecule has 0 bridgehead atoms. The molecule has 1 fully saturated rings. The fourth-order valence-corrected chi connectivity index (χ4v) is 1.65. The summed E-state index contributed by atoms with van der Waals surface area (Å²) < 4.78 is 4.87. The average Bonchev–Trinajstić information content (AvgIpc) is 2.18. The van der Waals surface area contributed by atoms with Gasteiger partial charge in [0.15, 0.2) is 6.10 Å². The number of rotatable bonds is 4. The zero-order valence-corrected chi connectivity index (χ0v) is 8.80. The van der Waals surface area contributed by atoms with Crippen LogP contribution in [0.5, 0.6) is 0 Å². The van der Waals surface area contributed by atoms with Crippen molar-refractivity contribution in [3.8, 4) is 0 Å². The van der Waals surface area contributed by atoms with E-state index in [2.05, 4.69) is 5.32 Å². The summed E-state index contributed by atoms with van der Waals surface area (Å²) in [5, 5.41) is 2.60. The number of cyclic esters (lactones) is 1. The number of hydrogen-bond acceptors (Lipinski definition) is 5. The van der Waals surface area contributed by atoms with E-state index in [0.717, 1.165) is 5.75 Å². The first-order valence-electron chi connectivity index (χ1n) is 4.39. The van der Waals surface area contributed by atoms with E-state index in [1.54, 1.807) is 11.8 Å². The lowest BCUT2D eigenvalue weighted by molar-refractivity contribution is -0.164. The van der Waals surface area contributed by atoms with Crippen molar-refractivity contribution in [2.75, 3.05) is 18.6 Å². The predicted octanol–water partition coefficient (Wildman–Crippen LogP) is -0.892. The van der Waals surface area contributed by atoms with Crippen LogP contribution < -0.4 is 11.1 Å². The fourth-order valence-electron chi connectivity index (χ4n) is 1.18. The maximum absolute atomic E-state index is 11.3. The lowest BCUT2D eigenvalue weighted by atomic mass is 10.1. The van der Waals surface area contributed by atoms with Crippen LogP contribution in [0.15, 0.2) is 0 Å². The number of nitrogens with one attached hydrogen (secondary N) is 1. The number of carbonyl (C=O) groups is 2. The molecule has 0 aliphatic carbocycles. The standard InChI is InChI=1S/C8H14N2O3S/c1-14-3-2-5-8(12)13-6(4-9)7(11)10-5/h5-6H,2-4,9H2,1H3,(H,10,11). The Morgan fingerprint density at radius 2 is 2.29 bits per heavy atom. The molecule has 0 radical (unpaired) electrons. The third-order valence-corrected chi connectivity index (χ3v) is 2.62. The van der Waals surface area contributed by atoms with Crippen LogP contribution in [0.25, 0.3) is 0 Å². The molecule has 14 heavy (non-hydrogen) atoms. The number of nitrogens with two attached hydrogens (primary N) is 1. The van der Waals surface area contributed by atoms with Gasteiger partial charge >= 0.3 is 5.97 Å². The zero-order valence-electron chi connectivity index (χ0n) is 7.99. The molecule has 1 saturated heterocycles. The lowest BCUT2D eigenvalue weighted by Gasteiger charge is -2.27. The molecule has 2 unspecified atom stereocenters. The molecule has 0 spiro atoms. The van der Waals surface area contributed by atoms with Crippen LogP contribution in [0.3, 0.4) is 0 Å². The molecular weight excluding hydrogens is 204 g/mol. The van der Waals surface area contributed by atoms with Crippen molar-refractivity contribution in [2.24, 2.45) is 5.73 Å². The summed E-state index contributed by atoms with van der Waals surface area (Å²) in [6.07, 6.45) is 1.73. The van der Waals surface area contributed by atoms with Crippen LogP contribution in [-0.2, 0) is 14.3 Å². The molecular formula is C8H14N2O3S. The molecule has 1 rings (SSSR count). The molecule has 0 aromatic heterocycles. The molecule has 0 aromatic carbocycles. The van der Waals surface area contributed by atoms with Gasteiger partial charge in [0.2, 0.25) is 0 Å². The van der Waals surface area contributed by atoms with Crippen molar-refractivity contribution in [3.05, 3.63) is 0 Å². The summed E-state index contributed by atoms with van der Waals surface area (Å²) in [5.41, 5.74) is 5.26. The van der Waals surface area contributed by atoms with Crippen molar-refractivity contribution >= 4 is 23.6 Å². The van der Waals surface area contributed by atoms with Gasteiger partial charge in [-0.2, -0.15) is 11.8 Å². The minimum atomic E-state index is -0.812. The highest BCUT2D eigenvalue weighted by Gasteiger charge is 2.34. The van der Waals surface area contributed by atoms with E-state index >= 15 is 0 Å². The first-order chi connectivity index (χ1) is 6.69. The quantitative estimate of drug-likeness (QED) is 0.598. The summed E-state index contributed by atoms with van der Waals surface area (Å²) in [6, 6.07) is -0.502. The van der Waals surface area contributed by atoms with Crippen LogP contribution in [0.1, 0.15) is 6.42 Å². The number of morpholine rings is 1. The number of carbonyl (C=O) groups excluding carboxylic acids is 2. The van der Waals surface area contributed by atoms with E-state index in [1.165, 1.54) is 0 Å². The first-order valence-corrected chi connectivity index (χ1v) is 5.78. The first kappa shape index (κ1) is 11.3. The highest BCUT2D eigenvalue weighted by Crippen LogP contribution is 2.09. The van der Waals surface area contributed by atoms with Gasteiger partial charge in [-0.1, -0.05) is 0 Å². The summed E-state index contributed by atoms with van der Waals surface area (Å²) in [6.45, 7) is 0.0345. The molecule has 1 aliphatic heterocycles. The molecule has 2 atom stereocenters. The normalized spacial score (nSPS) is 27.0. The monoisotopic (exact) mass is 218 g/mol. The molecule has 1 aliphatic rings. The SMILES string of the molecule is CSCCC1NC(=O)C(CN)OC1=O. The molecule has 1 amide bonds. The Bertz CT molecular complexity index is 235. The van der Waals surface area contributed by atoms with E-state index in [1.807, 2.05) is 6.26 Å². The Hall–Kier alpha value is -0.750. The molecule has 6 heteroatoms. The summed E-state index contributed by atoms with van der Waals surface area (Å²) in [5.74, 6) is 0.139. The summed E-state index contributed by atoms with van der Waals surface area (Å²) in [7, 11) is 0. The van der Waals surface area contributed by atoms with Gasteiger partial charge in [-0.15, -0.1) is 0 Å². The molecule has 80 valence electrons. The Labute approximate surface area is 86.7 Å². The number of hydrogen-bond donors (Lipinski definition) is 2. The van der Waals surface area contributed by atoms with Crippen LogP contribution in [0.4, 0.5) is 0 Å². The topological polar surface area (TPSA) is 81.4 Å². The molecule has 5 nitrogen and oxygen atoms in total. The predicted molar refractivity (Wildman–Crippen MR) is 53.9 cm³/mol. The second kappa shape index (κ2) is 5.21. The number of thioether (sulfide) groups is 1. The zero-order chi connectivity index (χ0) is 10.6. The maximum atomic E-state index is 11.3. The number of amides is 1. The van der Waals surface area contributed by atoms with Crippen LogP contribution in [-0.4, -0.2) is 42.6 Å². The third-order valence-electron chi connectivity index (χ3n) is 1.98. The number of ether oxygens (including phenoxy) is 1. The van der Waals surface area contributed by atoms with Gasteiger partial charge in [0.25, 0.3) is 5.91 Å². The van der Waals surface area contributed by atoms with Crippen molar-refractivity contribution in [3.63, 3.8) is 0 Å². The smallest absolute Gasteiger partial charge is 0.329 e. The molecule has 0 saturated carbocycles. The highest BCUT2D eigenvalue weighted by molar-refractivity contribution is 7.98. The highest BCUT2D eigenvalue weighted by atomic mass is 32.2. The van der Waals surface area contributed by atoms with Gasteiger partial charge in [-0.25, -0.2) is 4.79 Å². The Morgan fingerprint density at radius 3 is 2.86 bits per heavy atom. The fraction of sp³-hybridized carbons (Fsp3) is 0.750. The Morgan fingerprint density at radius 1 is 1.57 bits per heavy atom. The molecule has 3 N–H and O–H groups in total. The van der Waals surface area contributed by atoms with E-state index in [0.29, 0.717) is 6.42 Å². The van der Waals surface area contributed by atoms with E-state index in [4.69, 9.17) is 10.5 Å². The van der Waals surface area contributed by atoms with E-state index in [9.17, 15) is 9.59 Å². The van der Waals surface area contributed by atoms with Crippen LogP contribution >= 0.6 is 11.8 Å². The third kappa shape index (κ3) is 2.62. The van der Waals surface area contributed by atoms with Gasteiger partial charge in [0.05, 0.1) is 0 Å². The van der Waals surface area contributed by atoms with E-state index < -0.39 is 12.1 Å². The van der Waals surface area contributed by atoms with Crippen molar-refractivity contribution < 1.29 is 14.3 Å². The van der Waals surface area contributed by atoms with E-state index in [-0.39, 0.29) is 18.4 Å². The largest absolute Gasteiger partial charge is 0.449 e. The van der Waals surface area contributed by atoms with Gasteiger partial charge in [0.1, 0.15) is 6.04 Å². The maximum Gasteiger partial charge on any atom is 0.329 e. The van der Waals surface area contributed by atoms with Crippen molar-refractivity contribution in [1.82, 2.24) is 5.32 Å². The van der Waals surface area contributed by atoms with Gasteiger partial charge < -0.3 is 15.8 Å². The molecule has 1 heterocycles. The van der Waals surface area contributed by atoms with Gasteiger partial charge in [-0.3, -0.25) is 4.79 Å².